The number of ether oxygens (including phenoxy) is 2. The van der Waals surface area contributed by atoms with Gasteiger partial charge in [-0.1, -0.05) is 135 Å². The monoisotopic (exact) mass is 550 g/mol. The van der Waals surface area contributed by atoms with E-state index in [1.54, 1.807) is 0 Å². The van der Waals surface area contributed by atoms with E-state index in [-0.39, 0.29) is 12.1 Å². The van der Waals surface area contributed by atoms with Gasteiger partial charge in [0.2, 0.25) is 0 Å². The molecular formula is C25H44Br2O3. The van der Waals surface area contributed by atoms with E-state index in [1.807, 2.05) is 0 Å². The van der Waals surface area contributed by atoms with Gasteiger partial charge in [0.1, 0.15) is 12.7 Å². The molecule has 0 amide bonds. The highest BCUT2D eigenvalue weighted by atomic mass is 79.9. The number of allylic oxidation sites excluding steroid dienone is 1. The van der Waals surface area contributed by atoms with Crippen LogP contribution in [0.4, 0.5) is 0 Å². The molecule has 1 rings (SSSR count). The number of epoxide rings is 1. The minimum atomic E-state index is -0.231. The fraction of sp³-hybridized carbons (Fsp3) is 0.880. The lowest BCUT2D eigenvalue weighted by Gasteiger charge is -2.08. The van der Waals surface area contributed by atoms with Gasteiger partial charge in [-0.05, 0) is 12.8 Å². The van der Waals surface area contributed by atoms with Crippen LogP contribution in [-0.2, 0) is 14.3 Å². The van der Waals surface area contributed by atoms with Crippen molar-refractivity contribution in [3.8, 4) is 0 Å². The first kappa shape index (κ1) is 28.2. The summed E-state index contributed by atoms with van der Waals surface area (Å²) >= 11 is 7.00. The van der Waals surface area contributed by atoms with Gasteiger partial charge in [-0.3, -0.25) is 0 Å². The maximum atomic E-state index is 12.1. The number of esters is 1. The molecule has 0 aromatic rings. The van der Waals surface area contributed by atoms with Crippen molar-refractivity contribution in [3.63, 3.8) is 0 Å². The number of unbranched alkanes of at least 4 members (excludes halogenated alkanes) is 15. The van der Waals surface area contributed by atoms with E-state index >= 15 is 0 Å². The van der Waals surface area contributed by atoms with Crippen LogP contribution in [0.5, 0.6) is 0 Å². The Morgan fingerprint density at radius 3 is 1.67 bits per heavy atom. The van der Waals surface area contributed by atoms with E-state index in [1.165, 1.54) is 96.3 Å². The van der Waals surface area contributed by atoms with Crippen LogP contribution >= 0.6 is 31.9 Å². The number of rotatable bonds is 21. The molecule has 3 nitrogen and oxygen atoms in total. The lowest BCUT2D eigenvalue weighted by atomic mass is 10.0. The first-order valence-electron chi connectivity index (χ1n) is 12.4. The average Bonchev–Trinajstić information content (AvgIpc) is 3.57. The van der Waals surface area contributed by atoms with E-state index in [9.17, 15) is 4.79 Å². The van der Waals surface area contributed by atoms with Gasteiger partial charge >= 0.3 is 5.97 Å². The zero-order valence-corrected chi connectivity index (χ0v) is 22.4. The van der Waals surface area contributed by atoms with Crippen molar-refractivity contribution < 1.29 is 14.3 Å². The van der Waals surface area contributed by atoms with Crippen molar-refractivity contribution in [3.05, 3.63) is 10.1 Å². The minimum absolute atomic E-state index is 0.115. The van der Waals surface area contributed by atoms with E-state index in [0.717, 1.165) is 17.3 Å². The Morgan fingerprint density at radius 2 is 1.27 bits per heavy atom. The molecule has 0 radical (unpaired) electrons. The number of alkyl halides is 1. The van der Waals surface area contributed by atoms with Gasteiger partial charge in [-0.2, -0.15) is 0 Å². The van der Waals surface area contributed by atoms with Gasteiger partial charge in [0.05, 0.1) is 12.2 Å². The molecule has 5 heteroatoms. The number of hydrogen-bond acceptors (Lipinski definition) is 3. The minimum Gasteiger partial charge on any atom is -0.459 e. The average molecular weight is 552 g/mol. The summed E-state index contributed by atoms with van der Waals surface area (Å²) in [5.74, 6) is -0.231. The molecule has 0 aliphatic carbocycles. The molecule has 1 unspecified atom stereocenters. The molecule has 0 bridgehead atoms. The third-order valence-corrected chi connectivity index (χ3v) is 7.20. The molecule has 0 saturated carbocycles. The van der Waals surface area contributed by atoms with Crippen molar-refractivity contribution in [2.24, 2.45) is 0 Å². The van der Waals surface area contributed by atoms with Crippen molar-refractivity contribution in [2.45, 2.75) is 122 Å². The normalized spacial score (nSPS) is 16.4. The maximum Gasteiger partial charge on any atom is 0.335 e. The first-order chi connectivity index (χ1) is 14.7. The van der Waals surface area contributed by atoms with Crippen LogP contribution in [0.1, 0.15) is 116 Å². The third-order valence-electron chi connectivity index (χ3n) is 5.76. The van der Waals surface area contributed by atoms with Crippen LogP contribution in [0.25, 0.3) is 0 Å². The highest BCUT2D eigenvalue weighted by Gasteiger charge is 2.25. The van der Waals surface area contributed by atoms with Gasteiger partial charge in [0.25, 0.3) is 0 Å². The van der Waals surface area contributed by atoms with Gasteiger partial charge in [-0.25, -0.2) is 4.79 Å². The molecule has 1 fully saturated rings. The van der Waals surface area contributed by atoms with E-state index < -0.39 is 0 Å². The Hall–Kier alpha value is 0.130. The summed E-state index contributed by atoms with van der Waals surface area (Å²) in [4.78, 5) is 12.1. The fourth-order valence-corrected chi connectivity index (χ4v) is 5.16. The summed E-state index contributed by atoms with van der Waals surface area (Å²) in [7, 11) is 0. The second kappa shape index (κ2) is 19.8. The standard InChI is InChI=1S/C25H44Br2O3/c1-2-3-4-5-6-7-8-9-10-11-12-13-14-15-16-17-18-24(27)23(19-26)25(28)30-21-22-20-29-22/h22H,2-21H2,1H3/b24-23-. The highest BCUT2D eigenvalue weighted by molar-refractivity contribution is 9.12. The third kappa shape index (κ3) is 15.9. The zero-order chi connectivity index (χ0) is 21.9. The second-order valence-corrected chi connectivity index (χ2v) is 10.1. The highest BCUT2D eigenvalue weighted by Crippen LogP contribution is 2.23. The smallest absolute Gasteiger partial charge is 0.335 e. The van der Waals surface area contributed by atoms with Crippen molar-refractivity contribution in [1.29, 1.82) is 0 Å². The molecular weight excluding hydrogens is 508 g/mol. The summed E-state index contributed by atoms with van der Waals surface area (Å²) in [6.45, 7) is 3.36. The fourth-order valence-electron chi connectivity index (χ4n) is 3.64. The second-order valence-electron chi connectivity index (χ2n) is 8.62. The topological polar surface area (TPSA) is 38.8 Å². The lowest BCUT2D eigenvalue weighted by Crippen LogP contribution is -2.14. The maximum absolute atomic E-state index is 12.1. The van der Waals surface area contributed by atoms with Crippen LogP contribution in [-0.4, -0.2) is 30.6 Å². The quantitative estimate of drug-likeness (QED) is 0.0471. The molecule has 0 N–H and O–H groups in total. The van der Waals surface area contributed by atoms with Gasteiger partial charge in [0.15, 0.2) is 0 Å². The molecule has 0 spiro atoms. The lowest BCUT2D eigenvalue weighted by molar-refractivity contribution is -0.139. The Kier molecular flexibility index (Phi) is 18.6. The summed E-state index contributed by atoms with van der Waals surface area (Å²) in [6, 6.07) is 0. The Bertz CT molecular complexity index is 461. The van der Waals surface area contributed by atoms with Crippen LogP contribution in [0, 0.1) is 0 Å². The van der Waals surface area contributed by atoms with Gasteiger partial charge in [-0.15, -0.1) is 0 Å². The molecule has 0 aromatic heterocycles. The van der Waals surface area contributed by atoms with Crippen molar-refractivity contribution in [2.75, 3.05) is 18.5 Å². The molecule has 1 atom stereocenters. The van der Waals surface area contributed by atoms with Crippen molar-refractivity contribution >= 4 is 37.8 Å². The molecule has 176 valence electrons. The van der Waals surface area contributed by atoms with E-state index in [0.29, 0.717) is 24.1 Å². The molecule has 30 heavy (non-hydrogen) atoms. The zero-order valence-electron chi connectivity index (χ0n) is 19.2. The van der Waals surface area contributed by atoms with Crippen molar-refractivity contribution in [1.82, 2.24) is 0 Å². The van der Waals surface area contributed by atoms with Crippen LogP contribution < -0.4 is 0 Å². The summed E-state index contributed by atoms with van der Waals surface area (Å²) in [6.07, 6.45) is 23.0. The van der Waals surface area contributed by atoms with Gasteiger partial charge < -0.3 is 9.47 Å². The number of hydrogen-bond donors (Lipinski definition) is 0. The predicted molar refractivity (Wildman–Crippen MR) is 135 cm³/mol. The molecule has 1 aliphatic rings. The summed E-state index contributed by atoms with van der Waals surface area (Å²) in [5, 5.41) is 0.525. The molecule has 1 saturated heterocycles. The van der Waals surface area contributed by atoms with E-state index in [4.69, 9.17) is 9.47 Å². The number of carbonyl (C=O) groups is 1. The Labute approximate surface area is 202 Å². The largest absolute Gasteiger partial charge is 0.459 e. The van der Waals surface area contributed by atoms with Gasteiger partial charge in [0, 0.05) is 9.81 Å². The Balaban J connectivity index is 1.89. The van der Waals surface area contributed by atoms with E-state index in [2.05, 4.69) is 38.8 Å². The Morgan fingerprint density at radius 1 is 0.833 bits per heavy atom. The number of carbonyl (C=O) groups excluding carboxylic acids is 1. The molecule has 0 aromatic carbocycles. The number of halogens is 2. The van der Waals surface area contributed by atoms with Crippen LogP contribution in [0.15, 0.2) is 10.1 Å². The van der Waals surface area contributed by atoms with Crippen LogP contribution in [0.2, 0.25) is 0 Å². The SMILES string of the molecule is CCCCCCCCCCCCCCCCCC/C(Br)=C(\CBr)C(=O)OCC1CO1. The summed E-state index contributed by atoms with van der Waals surface area (Å²) < 4.78 is 11.3. The summed E-state index contributed by atoms with van der Waals surface area (Å²) in [5.41, 5.74) is 0.705. The predicted octanol–water partition coefficient (Wildman–Crippen LogP) is 8.62. The molecule has 1 aliphatic heterocycles. The van der Waals surface area contributed by atoms with Crippen LogP contribution in [0.3, 0.4) is 0 Å². The molecule has 1 heterocycles. The first-order valence-corrected chi connectivity index (χ1v) is 14.3.